The lowest BCUT2D eigenvalue weighted by Gasteiger charge is -2.16. The highest BCUT2D eigenvalue weighted by Crippen LogP contribution is 2.23. The van der Waals surface area contributed by atoms with E-state index in [2.05, 4.69) is 20.6 Å². The summed E-state index contributed by atoms with van der Waals surface area (Å²) in [4.78, 5) is 12.4. The zero-order valence-corrected chi connectivity index (χ0v) is 13.3. The molecular weight excluding hydrogens is 306 g/mol. The molecule has 3 aromatic rings. The highest BCUT2D eigenvalue weighted by Gasteiger charge is 2.16. The molecule has 1 aliphatic carbocycles. The van der Waals surface area contributed by atoms with Crippen LogP contribution in [0.1, 0.15) is 34.3 Å². The number of benzene rings is 1. The van der Waals surface area contributed by atoms with Gasteiger partial charge in [0.1, 0.15) is 5.69 Å². The van der Waals surface area contributed by atoms with Crippen molar-refractivity contribution in [2.24, 2.45) is 7.05 Å². The Morgan fingerprint density at radius 2 is 2.00 bits per heavy atom. The largest absolute Gasteiger partial charge is 0.401 e. The summed E-state index contributed by atoms with van der Waals surface area (Å²) in [6.45, 7) is 0. The monoisotopic (exact) mass is 323 g/mol. The van der Waals surface area contributed by atoms with Crippen molar-refractivity contribution in [3.05, 3.63) is 47.2 Å². The number of hydrogen-bond acceptors (Lipinski definition) is 5. The van der Waals surface area contributed by atoms with Crippen LogP contribution in [0.15, 0.2) is 34.9 Å². The van der Waals surface area contributed by atoms with E-state index in [4.69, 9.17) is 4.42 Å². The van der Waals surface area contributed by atoms with E-state index >= 15 is 0 Å². The van der Waals surface area contributed by atoms with Crippen LogP contribution in [0.3, 0.4) is 0 Å². The summed E-state index contributed by atoms with van der Waals surface area (Å²) in [5, 5.41) is 14.5. The standard InChI is InChI=1S/C17H17N5O2/c1-22-14(8-9-18-22)16-20-21-17(24-16)19-15(23)13-7-6-11-4-2-3-5-12(11)10-13/h6-10H,2-5H2,1H3,(H,19,21,23). The molecule has 1 N–H and O–H groups in total. The SMILES string of the molecule is Cn1nccc1-c1nnc(NC(=O)c2ccc3c(c2)CCCC3)o1. The fourth-order valence-electron chi connectivity index (χ4n) is 3.00. The van der Waals surface area contributed by atoms with E-state index in [1.54, 1.807) is 24.0 Å². The van der Waals surface area contributed by atoms with Gasteiger partial charge in [0.2, 0.25) is 0 Å². The molecule has 7 nitrogen and oxygen atoms in total. The molecule has 0 radical (unpaired) electrons. The number of hydrogen-bond donors (Lipinski definition) is 1. The highest BCUT2D eigenvalue weighted by molar-refractivity contribution is 6.03. The molecule has 7 heteroatoms. The maximum absolute atomic E-state index is 12.4. The van der Waals surface area contributed by atoms with Gasteiger partial charge in [-0.3, -0.25) is 14.8 Å². The molecular formula is C17H17N5O2. The fraction of sp³-hybridized carbons (Fsp3) is 0.294. The first-order chi connectivity index (χ1) is 11.7. The summed E-state index contributed by atoms with van der Waals surface area (Å²) in [7, 11) is 1.78. The Morgan fingerprint density at radius 1 is 1.17 bits per heavy atom. The van der Waals surface area contributed by atoms with Gasteiger partial charge in [0, 0.05) is 18.8 Å². The fourth-order valence-corrected chi connectivity index (χ4v) is 3.00. The average molecular weight is 323 g/mol. The summed E-state index contributed by atoms with van der Waals surface area (Å²) < 4.78 is 7.13. The van der Waals surface area contributed by atoms with Crippen molar-refractivity contribution in [3.63, 3.8) is 0 Å². The molecule has 1 aromatic carbocycles. The minimum atomic E-state index is -0.247. The lowest BCUT2D eigenvalue weighted by Crippen LogP contribution is -2.13. The van der Waals surface area contributed by atoms with Gasteiger partial charge >= 0.3 is 6.01 Å². The number of nitrogens with zero attached hydrogens (tertiary/aromatic N) is 4. The molecule has 2 heterocycles. The third-order valence-electron chi connectivity index (χ3n) is 4.30. The van der Waals surface area contributed by atoms with E-state index in [1.807, 2.05) is 18.2 Å². The topological polar surface area (TPSA) is 85.8 Å². The van der Waals surface area contributed by atoms with Crippen LogP contribution in [0, 0.1) is 0 Å². The van der Waals surface area contributed by atoms with Crippen LogP contribution < -0.4 is 5.32 Å². The molecule has 0 atom stereocenters. The van der Waals surface area contributed by atoms with Gasteiger partial charge in [-0.25, -0.2) is 0 Å². The van der Waals surface area contributed by atoms with E-state index in [1.165, 1.54) is 24.0 Å². The maximum atomic E-state index is 12.4. The predicted octanol–water partition coefficient (Wildman–Crippen LogP) is 2.60. The maximum Gasteiger partial charge on any atom is 0.322 e. The molecule has 4 rings (SSSR count). The van der Waals surface area contributed by atoms with E-state index in [-0.39, 0.29) is 11.9 Å². The van der Waals surface area contributed by atoms with Gasteiger partial charge in [0.05, 0.1) is 0 Å². The van der Waals surface area contributed by atoms with Crippen molar-refractivity contribution in [2.45, 2.75) is 25.7 Å². The third kappa shape index (κ3) is 2.68. The van der Waals surface area contributed by atoms with Crippen molar-refractivity contribution in [1.82, 2.24) is 20.0 Å². The molecule has 0 unspecified atom stereocenters. The molecule has 2 aromatic heterocycles. The van der Waals surface area contributed by atoms with Crippen LogP contribution in [0.5, 0.6) is 0 Å². The van der Waals surface area contributed by atoms with E-state index in [9.17, 15) is 4.79 Å². The number of carbonyl (C=O) groups excluding carboxylic acids is 1. The van der Waals surface area contributed by atoms with Crippen molar-refractivity contribution in [2.75, 3.05) is 5.32 Å². The van der Waals surface area contributed by atoms with E-state index < -0.39 is 0 Å². The molecule has 0 bridgehead atoms. The molecule has 122 valence electrons. The van der Waals surface area contributed by atoms with E-state index in [0.29, 0.717) is 17.1 Å². The van der Waals surface area contributed by atoms with Gasteiger partial charge in [-0.05, 0) is 55.0 Å². The molecule has 1 amide bonds. The van der Waals surface area contributed by atoms with Crippen LogP contribution in [0.25, 0.3) is 11.6 Å². The molecule has 0 spiro atoms. The van der Waals surface area contributed by atoms with Gasteiger partial charge in [0.15, 0.2) is 0 Å². The quantitative estimate of drug-likeness (QED) is 0.800. The third-order valence-corrected chi connectivity index (χ3v) is 4.30. The van der Waals surface area contributed by atoms with Gasteiger partial charge < -0.3 is 4.42 Å². The van der Waals surface area contributed by atoms with E-state index in [0.717, 1.165) is 12.8 Å². The molecule has 0 saturated heterocycles. The van der Waals surface area contributed by atoms with Gasteiger partial charge in [-0.2, -0.15) is 5.10 Å². The summed E-state index contributed by atoms with van der Waals surface area (Å²) in [6, 6.07) is 7.69. The number of carbonyl (C=O) groups is 1. The first-order valence-corrected chi connectivity index (χ1v) is 7.96. The Balaban J connectivity index is 1.52. The Bertz CT molecular complexity index is 896. The van der Waals surface area contributed by atoms with Crippen LogP contribution in [-0.4, -0.2) is 25.9 Å². The molecule has 0 saturated carbocycles. The van der Waals surface area contributed by atoms with Crippen LogP contribution in [0.2, 0.25) is 0 Å². The minimum Gasteiger partial charge on any atom is -0.401 e. The zero-order chi connectivity index (χ0) is 16.5. The van der Waals surface area contributed by atoms with Crippen molar-refractivity contribution in [3.8, 4) is 11.6 Å². The normalized spacial score (nSPS) is 13.5. The average Bonchev–Trinajstić information content (AvgIpc) is 3.23. The Hall–Kier alpha value is -2.96. The van der Waals surface area contributed by atoms with Crippen molar-refractivity contribution in [1.29, 1.82) is 0 Å². The summed E-state index contributed by atoms with van der Waals surface area (Å²) in [5.41, 5.74) is 3.90. The number of amides is 1. The molecule has 0 aliphatic heterocycles. The second-order valence-corrected chi connectivity index (χ2v) is 5.90. The minimum absolute atomic E-state index is 0.0777. The van der Waals surface area contributed by atoms with Crippen molar-refractivity contribution < 1.29 is 9.21 Å². The first-order valence-electron chi connectivity index (χ1n) is 7.96. The van der Waals surface area contributed by atoms with Gasteiger partial charge in [-0.1, -0.05) is 11.2 Å². The van der Waals surface area contributed by atoms with Crippen molar-refractivity contribution >= 4 is 11.9 Å². The number of aromatic nitrogens is 4. The number of fused-ring (bicyclic) bond motifs is 1. The smallest absolute Gasteiger partial charge is 0.322 e. The van der Waals surface area contributed by atoms with Crippen LogP contribution >= 0.6 is 0 Å². The molecule has 24 heavy (non-hydrogen) atoms. The number of aryl methyl sites for hydroxylation is 3. The Kier molecular flexibility index (Phi) is 3.60. The highest BCUT2D eigenvalue weighted by atomic mass is 16.4. The van der Waals surface area contributed by atoms with Gasteiger partial charge in [-0.15, -0.1) is 5.10 Å². The Labute approximate surface area is 138 Å². The summed E-state index contributed by atoms with van der Waals surface area (Å²) in [6.07, 6.45) is 6.16. The number of nitrogens with one attached hydrogen (secondary N) is 1. The second-order valence-electron chi connectivity index (χ2n) is 5.90. The molecule has 0 fully saturated rings. The lowest BCUT2D eigenvalue weighted by molar-refractivity contribution is 0.102. The van der Waals surface area contributed by atoms with Gasteiger partial charge in [0.25, 0.3) is 11.8 Å². The number of anilines is 1. The molecule has 1 aliphatic rings. The summed E-state index contributed by atoms with van der Waals surface area (Å²) in [5.74, 6) is 0.0688. The van der Waals surface area contributed by atoms with Crippen LogP contribution in [0.4, 0.5) is 6.01 Å². The lowest BCUT2D eigenvalue weighted by atomic mass is 9.90. The van der Waals surface area contributed by atoms with Crippen LogP contribution in [-0.2, 0) is 19.9 Å². The summed E-state index contributed by atoms with van der Waals surface area (Å²) >= 11 is 0. The first kappa shape index (κ1) is 14.6. The predicted molar refractivity (Wildman–Crippen MR) is 87.5 cm³/mol. The number of rotatable bonds is 3. The Morgan fingerprint density at radius 3 is 2.79 bits per heavy atom. The zero-order valence-electron chi connectivity index (χ0n) is 13.3. The second kappa shape index (κ2) is 5.92.